The molecule has 2 aromatic rings. The quantitative estimate of drug-likeness (QED) is 0.825. The lowest BCUT2D eigenvalue weighted by molar-refractivity contribution is 0.358. The molecular formula is C14H20N6O2S. The van der Waals surface area contributed by atoms with Gasteiger partial charge < -0.3 is 0 Å². The Balaban J connectivity index is 2.07. The molecule has 1 aliphatic heterocycles. The summed E-state index contributed by atoms with van der Waals surface area (Å²) < 4.78 is 29.6. The fourth-order valence-corrected chi connectivity index (χ4v) is 4.20. The zero-order valence-electron chi connectivity index (χ0n) is 13.4. The third kappa shape index (κ3) is 2.75. The van der Waals surface area contributed by atoms with Crippen LogP contribution in [-0.4, -0.2) is 57.4 Å². The molecule has 0 spiro atoms. The minimum Gasteiger partial charge on any atom is -0.266 e. The lowest BCUT2D eigenvalue weighted by Gasteiger charge is -2.27. The van der Waals surface area contributed by atoms with Crippen LogP contribution in [-0.2, 0) is 17.3 Å². The summed E-state index contributed by atoms with van der Waals surface area (Å²) in [6.45, 7) is 0.493. The average Bonchev–Trinajstić information content (AvgIpc) is 3.16. The minimum absolute atomic E-state index is 0.305. The van der Waals surface area contributed by atoms with E-state index in [1.807, 2.05) is 13.1 Å². The predicted molar refractivity (Wildman–Crippen MR) is 85.5 cm³/mol. The molecule has 8 nitrogen and oxygen atoms in total. The van der Waals surface area contributed by atoms with E-state index in [1.165, 1.54) is 8.61 Å². The Hall–Kier alpha value is -1.84. The predicted octanol–water partition coefficient (Wildman–Crippen LogP) is 0.820. The van der Waals surface area contributed by atoms with Crippen LogP contribution >= 0.6 is 0 Å². The van der Waals surface area contributed by atoms with Crippen molar-refractivity contribution >= 4 is 10.2 Å². The second-order valence-corrected chi connectivity index (χ2v) is 7.78. The monoisotopic (exact) mass is 336 g/mol. The third-order valence-corrected chi connectivity index (χ3v) is 6.02. The van der Waals surface area contributed by atoms with Gasteiger partial charge in [0.05, 0.1) is 17.4 Å². The van der Waals surface area contributed by atoms with Crippen molar-refractivity contribution in [2.45, 2.75) is 18.9 Å². The van der Waals surface area contributed by atoms with E-state index >= 15 is 0 Å². The van der Waals surface area contributed by atoms with Crippen LogP contribution in [0.5, 0.6) is 0 Å². The van der Waals surface area contributed by atoms with Gasteiger partial charge in [0.2, 0.25) is 0 Å². The first-order valence-electron chi connectivity index (χ1n) is 7.41. The van der Waals surface area contributed by atoms with Crippen molar-refractivity contribution in [3.05, 3.63) is 30.4 Å². The van der Waals surface area contributed by atoms with Gasteiger partial charge in [-0.3, -0.25) is 14.6 Å². The summed E-state index contributed by atoms with van der Waals surface area (Å²) in [6.07, 6.45) is 6.45. The van der Waals surface area contributed by atoms with Crippen LogP contribution in [0.4, 0.5) is 0 Å². The molecule has 1 saturated heterocycles. The molecule has 3 heterocycles. The summed E-state index contributed by atoms with van der Waals surface area (Å²) in [4.78, 5) is 8.88. The van der Waals surface area contributed by atoms with Crippen LogP contribution in [0.15, 0.2) is 24.7 Å². The van der Waals surface area contributed by atoms with Gasteiger partial charge in [0.25, 0.3) is 10.2 Å². The summed E-state index contributed by atoms with van der Waals surface area (Å²) in [7, 11) is 1.43. The van der Waals surface area contributed by atoms with Gasteiger partial charge in [-0.25, -0.2) is 0 Å². The highest BCUT2D eigenvalue weighted by molar-refractivity contribution is 7.86. The standard InChI is InChI=1S/C14H20N6O2S/c1-18(2)23(21,22)20-10-4-5-12(20)14-13(15-8-9-16-14)11-6-7-17-19(11)3/h6-9,12H,4-5,10H2,1-3H3/t12-/m0/s1. The molecule has 0 bridgehead atoms. The van der Waals surface area contributed by atoms with Crippen molar-refractivity contribution in [1.29, 1.82) is 0 Å². The molecule has 0 unspecified atom stereocenters. The maximum absolute atomic E-state index is 12.6. The molecule has 3 rings (SSSR count). The minimum atomic E-state index is -3.49. The van der Waals surface area contributed by atoms with Gasteiger partial charge in [-0.1, -0.05) is 0 Å². The zero-order chi connectivity index (χ0) is 16.6. The summed E-state index contributed by atoms with van der Waals surface area (Å²) in [5.74, 6) is 0. The highest BCUT2D eigenvalue weighted by Gasteiger charge is 2.38. The van der Waals surface area contributed by atoms with Crippen LogP contribution in [0.1, 0.15) is 24.6 Å². The molecule has 0 amide bonds. The van der Waals surface area contributed by atoms with Crippen molar-refractivity contribution in [3.8, 4) is 11.4 Å². The molecular weight excluding hydrogens is 316 g/mol. The van der Waals surface area contributed by atoms with Gasteiger partial charge in [0.15, 0.2) is 0 Å². The van der Waals surface area contributed by atoms with Gasteiger partial charge >= 0.3 is 0 Å². The van der Waals surface area contributed by atoms with E-state index < -0.39 is 10.2 Å². The van der Waals surface area contributed by atoms with Crippen LogP contribution in [0.2, 0.25) is 0 Å². The highest BCUT2D eigenvalue weighted by Crippen LogP contribution is 2.37. The molecule has 1 atom stereocenters. The maximum Gasteiger partial charge on any atom is 0.282 e. The summed E-state index contributed by atoms with van der Waals surface area (Å²) in [5, 5.41) is 4.17. The first-order valence-corrected chi connectivity index (χ1v) is 8.81. The van der Waals surface area contributed by atoms with Crippen molar-refractivity contribution in [2.24, 2.45) is 7.05 Å². The number of aromatic nitrogens is 4. The van der Waals surface area contributed by atoms with E-state index in [9.17, 15) is 8.42 Å². The topological polar surface area (TPSA) is 84.2 Å². The molecule has 2 aromatic heterocycles. The molecule has 1 aliphatic rings. The van der Waals surface area contributed by atoms with Gasteiger partial charge in [0, 0.05) is 46.3 Å². The lowest BCUT2D eigenvalue weighted by atomic mass is 10.1. The van der Waals surface area contributed by atoms with E-state index in [0.29, 0.717) is 17.9 Å². The molecule has 0 N–H and O–H groups in total. The fraction of sp³-hybridized carbons (Fsp3) is 0.500. The van der Waals surface area contributed by atoms with Crippen molar-refractivity contribution < 1.29 is 8.42 Å². The third-order valence-electron chi connectivity index (χ3n) is 4.07. The molecule has 23 heavy (non-hydrogen) atoms. The first kappa shape index (κ1) is 16.0. The van der Waals surface area contributed by atoms with Crippen LogP contribution in [0.3, 0.4) is 0 Å². The second kappa shape index (κ2) is 5.99. The second-order valence-electron chi connectivity index (χ2n) is 5.69. The summed E-state index contributed by atoms with van der Waals surface area (Å²) in [5.41, 5.74) is 2.18. The Labute approximate surface area is 135 Å². The van der Waals surface area contributed by atoms with E-state index in [-0.39, 0.29) is 6.04 Å². The van der Waals surface area contributed by atoms with E-state index in [0.717, 1.165) is 18.5 Å². The van der Waals surface area contributed by atoms with Crippen LogP contribution in [0, 0.1) is 0 Å². The Bertz CT molecular complexity index is 801. The molecule has 1 fully saturated rings. The Morgan fingerprint density at radius 2 is 1.96 bits per heavy atom. The summed E-state index contributed by atoms with van der Waals surface area (Å²) >= 11 is 0. The molecule has 0 aliphatic carbocycles. The Morgan fingerprint density at radius 1 is 1.22 bits per heavy atom. The zero-order valence-corrected chi connectivity index (χ0v) is 14.2. The van der Waals surface area contributed by atoms with Gasteiger partial charge in [-0.05, 0) is 18.9 Å². The number of hydrogen-bond donors (Lipinski definition) is 0. The Morgan fingerprint density at radius 3 is 2.61 bits per heavy atom. The molecule has 0 saturated carbocycles. The maximum atomic E-state index is 12.6. The van der Waals surface area contributed by atoms with Gasteiger partial charge in [0.1, 0.15) is 5.69 Å². The normalized spacial score (nSPS) is 19.6. The number of rotatable bonds is 4. The molecule has 9 heteroatoms. The largest absolute Gasteiger partial charge is 0.282 e. The average molecular weight is 336 g/mol. The SMILES string of the molecule is CN(C)S(=O)(=O)N1CCC[C@H]1c1nccnc1-c1ccnn1C. The summed E-state index contributed by atoms with van der Waals surface area (Å²) in [6, 6.07) is 1.55. The number of aryl methyl sites for hydroxylation is 1. The molecule has 0 radical (unpaired) electrons. The van der Waals surface area contributed by atoms with E-state index in [1.54, 1.807) is 37.4 Å². The van der Waals surface area contributed by atoms with Crippen LogP contribution in [0.25, 0.3) is 11.4 Å². The van der Waals surface area contributed by atoms with Crippen molar-refractivity contribution in [1.82, 2.24) is 28.4 Å². The van der Waals surface area contributed by atoms with Crippen LogP contribution < -0.4 is 0 Å². The smallest absolute Gasteiger partial charge is 0.266 e. The van der Waals surface area contributed by atoms with Gasteiger partial charge in [-0.15, -0.1) is 0 Å². The number of hydrogen-bond acceptors (Lipinski definition) is 5. The number of nitrogens with zero attached hydrogens (tertiary/aromatic N) is 6. The highest BCUT2D eigenvalue weighted by atomic mass is 32.2. The lowest BCUT2D eigenvalue weighted by Crippen LogP contribution is -2.39. The van der Waals surface area contributed by atoms with E-state index in [2.05, 4.69) is 15.1 Å². The molecule has 0 aromatic carbocycles. The van der Waals surface area contributed by atoms with E-state index in [4.69, 9.17) is 0 Å². The van der Waals surface area contributed by atoms with Gasteiger partial charge in [-0.2, -0.15) is 22.1 Å². The molecule has 124 valence electrons. The first-order chi connectivity index (χ1) is 10.9. The fourth-order valence-electron chi connectivity index (χ4n) is 2.90. The van der Waals surface area contributed by atoms with Crippen molar-refractivity contribution in [3.63, 3.8) is 0 Å². The van der Waals surface area contributed by atoms with Crippen molar-refractivity contribution in [2.75, 3.05) is 20.6 Å². The Kier molecular flexibility index (Phi) is 4.17.